The molecule has 1 aliphatic rings. The minimum absolute atomic E-state index is 0.156. The lowest BCUT2D eigenvalue weighted by Crippen LogP contribution is -2.30. The second-order valence-electron chi connectivity index (χ2n) is 11.5. The van der Waals surface area contributed by atoms with E-state index in [2.05, 4.69) is 85.6 Å². The van der Waals surface area contributed by atoms with E-state index in [1.54, 1.807) is 0 Å². The van der Waals surface area contributed by atoms with Crippen LogP contribution in [0.4, 0.5) is 0 Å². The molecule has 0 spiro atoms. The highest BCUT2D eigenvalue weighted by molar-refractivity contribution is 5.72. The number of benzene rings is 4. The number of nitrogens with zero attached hydrogens (tertiary/aromatic N) is 1. The Bertz CT molecular complexity index is 1500. The van der Waals surface area contributed by atoms with E-state index in [1.807, 2.05) is 24.3 Å². The number of fused-ring (bicyclic) bond motifs is 2. The lowest BCUT2D eigenvalue weighted by atomic mass is 9.89. The van der Waals surface area contributed by atoms with E-state index in [9.17, 15) is 9.90 Å². The fourth-order valence-electron chi connectivity index (χ4n) is 6.27. The number of carbonyl (C=O) groups is 1. The Kier molecular flexibility index (Phi) is 10.3. The summed E-state index contributed by atoms with van der Waals surface area (Å²) in [5.41, 5.74) is 10.9. The number of hydrogen-bond acceptors (Lipinski definition) is 4. The summed E-state index contributed by atoms with van der Waals surface area (Å²) in [6.45, 7) is 3.54. The third kappa shape index (κ3) is 7.54. The van der Waals surface area contributed by atoms with Gasteiger partial charge in [-0.2, -0.15) is 0 Å². The number of hydrogen-bond donors (Lipinski definition) is 1. The first-order chi connectivity index (χ1) is 21.0. The van der Waals surface area contributed by atoms with Crippen molar-refractivity contribution in [3.63, 3.8) is 0 Å². The largest absolute Gasteiger partial charge is 0.492 e. The van der Waals surface area contributed by atoms with E-state index in [4.69, 9.17) is 9.47 Å². The van der Waals surface area contributed by atoms with Crippen molar-refractivity contribution in [2.24, 2.45) is 0 Å². The first-order valence-corrected chi connectivity index (χ1v) is 15.4. The van der Waals surface area contributed by atoms with Gasteiger partial charge >= 0.3 is 5.97 Å². The van der Waals surface area contributed by atoms with Crippen molar-refractivity contribution in [2.45, 2.75) is 57.6 Å². The van der Waals surface area contributed by atoms with Gasteiger partial charge < -0.3 is 14.6 Å². The fraction of sp³-hybridized carbons (Fsp3) is 0.342. The van der Waals surface area contributed by atoms with E-state index >= 15 is 0 Å². The molecule has 4 aromatic rings. The third-order valence-corrected chi connectivity index (χ3v) is 8.75. The molecule has 1 aliphatic carbocycles. The lowest BCUT2D eigenvalue weighted by Gasteiger charge is -2.31. The van der Waals surface area contributed by atoms with Gasteiger partial charge in [0.1, 0.15) is 12.4 Å². The Morgan fingerprint density at radius 1 is 0.884 bits per heavy atom. The van der Waals surface area contributed by atoms with Crippen molar-refractivity contribution in [1.29, 1.82) is 0 Å². The van der Waals surface area contributed by atoms with E-state index < -0.39 is 12.1 Å². The van der Waals surface area contributed by atoms with E-state index in [0.717, 1.165) is 50.0 Å². The van der Waals surface area contributed by atoms with Crippen LogP contribution >= 0.6 is 0 Å². The van der Waals surface area contributed by atoms with E-state index in [1.165, 1.54) is 46.1 Å². The highest BCUT2D eigenvalue weighted by atomic mass is 16.5. The first-order valence-electron chi connectivity index (χ1n) is 15.4. The van der Waals surface area contributed by atoms with Crippen LogP contribution in [0.25, 0.3) is 0 Å². The van der Waals surface area contributed by atoms with Crippen molar-refractivity contribution in [2.75, 3.05) is 27.3 Å². The molecular formula is C38H43NO4. The van der Waals surface area contributed by atoms with Gasteiger partial charge in [-0.25, -0.2) is 4.79 Å². The van der Waals surface area contributed by atoms with Crippen LogP contribution in [0.5, 0.6) is 5.75 Å². The molecule has 2 atom stereocenters. The summed E-state index contributed by atoms with van der Waals surface area (Å²) >= 11 is 0. The second kappa shape index (κ2) is 14.5. The summed E-state index contributed by atoms with van der Waals surface area (Å²) in [6, 6.07) is 32.5. The molecule has 0 aliphatic heterocycles. The van der Waals surface area contributed by atoms with Crippen LogP contribution in [0.15, 0.2) is 91.0 Å². The molecule has 4 aromatic carbocycles. The van der Waals surface area contributed by atoms with Crippen molar-refractivity contribution in [3.8, 4) is 5.75 Å². The molecule has 0 aromatic heterocycles. The molecule has 0 heterocycles. The quantitative estimate of drug-likeness (QED) is 0.188. The van der Waals surface area contributed by atoms with Gasteiger partial charge in [0.05, 0.1) is 6.04 Å². The lowest BCUT2D eigenvalue weighted by molar-refractivity contribution is -0.148. The Morgan fingerprint density at radius 2 is 1.65 bits per heavy atom. The van der Waals surface area contributed by atoms with Crippen molar-refractivity contribution in [1.82, 2.24) is 4.90 Å². The summed E-state index contributed by atoms with van der Waals surface area (Å²) in [7, 11) is 3.63. The summed E-state index contributed by atoms with van der Waals surface area (Å²) < 4.78 is 11.2. The zero-order valence-corrected chi connectivity index (χ0v) is 25.6. The van der Waals surface area contributed by atoms with Crippen LogP contribution in [0.1, 0.15) is 57.5 Å². The van der Waals surface area contributed by atoms with Crippen LogP contribution in [0.3, 0.4) is 0 Å². The van der Waals surface area contributed by atoms with Gasteiger partial charge in [-0.3, -0.25) is 4.90 Å². The van der Waals surface area contributed by atoms with Crippen molar-refractivity contribution in [3.05, 3.63) is 136 Å². The standard InChI is InChI=1S/C38H43NO4/c1-4-27-13-17-31-19-22-33-30(18-14-28-9-6-5-7-10-28)11-8-12-34(33)37(35(31)25-27)39(2)23-24-43-32-20-15-29(16-21-32)26-36(42-3)38(40)41/h5-13,15-17,20-21,25,36-37H,4,14,18-19,22-24,26H2,1-3H3,(H,40,41). The molecule has 5 rings (SSSR count). The highest BCUT2D eigenvalue weighted by Gasteiger charge is 2.28. The number of aliphatic carboxylic acids is 1. The molecular weight excluding hydrogens is 534 g/mol. The average molecular weight is 578 g/mol. The van der Waals surface area contributed by atoms with Gasteiger partial charge in [-0.1, -0.05) is 85.8 Å². The van der Waals surface area contributed by atoms with Gasteiger partial charge in [0.2, 0.25) is 0 Å². The van der Waals surface area contributed by atoms with E-state index in [-0.39, 0.29) is 6.04 Å². The number of rotatable bonds is 13. The van der Waals surface area contributed by atoms with Crippen molar-refractivity contribution < 1.29 is 19.4 Å². The highest BCUT2D eigenvalue weighted by Crippen LogP contribution is 2.38. The third-order valence-electron chi connectivity index (χ3n) is 8.75. The Hall–Kier alpha value is -3.93. The first kappa shape index (κ1) is 30.5. The molecule has 0 bridgehead atoms. The number of carboxylic acids is 1. The zero-order chi connectivity index (χ0) is 30.2. The van der Waals surface area contributed by atoms with Crippen LogP contribution in [0.2, 0.25) is 0 Å². The summed E-state index contributed by atoms with van der Waals surface area (Å²) in [6.07, 6.45) is 4.67. The molecule has 43 heavy (non-hydrogen) atoms. The van der Waals surface area contributed by atoms with Crippen LogP contribution in [0, 0.1) is 0 Å². The van der Waals surface area contributed by atoms with E-state index in [0.29, 0.717) is 13.0 Å². The maximum absolute atomic E-state index is 11.3. The van der Waals surface area contributed by atoms with Crippen molar-refractivity contribution >= 4 is 5.97 Å². The molecule has 0 radical (unpaired) electrons. The smallest absolute Gasteiger partial charge is 0.333 e. The minimum Gasteiger partial charge on any atom is -0.492 e. The molecule has 0 amide bonds. The molecule has 0 saturated heterocycles. The summed E-state index contributed by atoms with van der Waals surface area (Å²) in [5.74, 6) is -0.179. The Morgan fingerprint density at radius 3 is 2.37 bits per heavy atom. The number of aryl methyl sites for hydroxylation is 4. The van der Waals surface area contributed by atoms with Gasteiger partial charge in [-0.15, -0.1) is 0 Å². The number of carboxylic acid groups (broad SMARTS) is 1. The number of methoxy groups -OCH3 is 1. The van der Waals surface area contributed by atoms with Gasteiger partial charge in [0.25, 0.3) is 0 Å². The normalized spacial score (nSPS) is 14.9. The Labute approximate surface area is 256 Å². The minimum atomic E-state index is -0.957. The number of ether oxygens (including phenoxy) is 2. The Balaban J connectivity index is 1.34. The number of likely N-dealkylation sites (N-methyl/N-ethyl adjacent to an activating group) is 1. The molecule has 224 valence electrons. The monoisotopic (exact) mass is 577 g/mol. The van der Waals surface area contributed by atoms with Gasteiger partial charge in [-0.05, 0) is 95.8 Å². The molecule has 1 N–H and O–H groups in total. The molecule has 5 nitrogen and oxygen atoms in total. The van der Waals surface area contributed by atoms with Crippen LogP contribution in [-0.4, -0.2) is 49.4 Å². The summed E-state index contributed by atoms with van der Waals surface area (Å²) in [5, 5.41) is 9.27. The molecule has 5 heteroatoms. The fourth-order valence-corrected chi connectivity index (χ4v) is 6.27. The maximum Gasteiger partial charge on any atom is 0.333 e. The van der Waals surface area contributed by atoms with Crippen LogP contribution in [-0.2, 0) is 48.1 Å². The predicted molar refractivity (Wildman–Crippen MR) is 172 cm³/mol. The van der Waals surface area contributed by atoms with Crippen LogP contribution < -0.4 is 4.74 Å². The predicted octanol–water partition coefficient (Wildman–Crippen LogP) is 6.88. The maximum atomic E-state index is 11.3. The van der Waals surface area contributed by atoms with Gasteiger partial charge in [0.15, 0.2) is 6.10 Å². The SMILES string of the molecule is CCc1ccc2c(c1)C(N(C)CCOc1ccc(CC(OC)C(=O)O)cc1)c1cccc(CCc3ccccc3)c1CC2. The molecule has 0 fully saturated rings. The average Bonchev–Trinajstić information content (AvgIpc) is 3.20. The molecule has 0 saturated carbocycles. The molecule has 2 unspecified atom stereocenters. The summed E-state index contributed by atoms with van der Waals surface area (Å²) in [4.78, 5) is 13.7. The topological polar surface area (TPSA) is 59.0 Å². The second-order valence-corrected chi connectivity index (χ2v) is 11.5. The zero-order valence-electron chi connectivity index (χ0n) is 25.6. The van der Waals surface area contributed by atoms with Gasteiger partial charge in [0, 0.05) is 20.1 Å².